The summed E-state index contributed by atoms with van der Waals surface area (Å²) in [6.45, 7) is 14.8. The van der Waals surface area contributed by atoms with Crippen molar-refractivity contribution >= 4 is 34.6 Å². The first kappa shape index (κ1) is 30.2. The minimum Gasteiger partial charge on any atom is -0.351 e. The maximum atomic E-state index is 13.1. The second-order valence-corrected chi connectivity index (χ2v) is 10.8. The Labute approximate surface area is 228 Å². The molecule has 6 heteroatoms. The van der Waals surface area contributed by atoms with Crippen LogP contribution >= 0.6 is 23.0 Å². The van der Waals surface area contributed by atoms with E-state index in [1.54, 1.807) is 0 Å². The van der Waals surface area contributed by atoms with Crippen molar-refractivity contribution in [3.63, 3.8) is 0 Å². The van der Waals surface area contributed by atoms with Gasteiger partial charge in [-0.3, -0.25) is 4.79 Å². The molecule has 0 atom stereocenters. The lowest BCUT2D eigenvalue weighted by molar-refractivity contribution is -0.114. The van der Waals surface area contributed by atoms with Gasteiger partial charge in [0.25, 0.3) is 5.91 Å². The Bertz CT molecular complexity index is 801. The van der Waals surface area contributed by atoms with E-state index >= 15 is 0 Å². The predicted molar refractivity (Wildman–Crippen MR) is 157 cm³/mol. The Balaban J connectivity index is 2.06. The van der Waals surface area contributed by atoms with Crippen LogP contribution in [0.3, 0.4) is 0 Å². The summed E-state index contributed by atoms with van der Waals surface area (Å²) in [7, 11) is 0. The van der Waals surface area contributed by atoms with Gasteiger partial charge in [0.15, 0.2) is 0 Å². The third-order valence-corrected chi connectivity index (χ3v) is 7.98. The fourth-order valence-electron chi connectivity index (χ4n) is 4.78. The third kappa shape index (κ3) is 10.5. The van der Waals surface area contributed by atoms with Gasteiger partial charge in [-0.2, -0.15) is 0 Å². The van der Waals surface area contributed by atoms with Gasteiger partial charge in [-0.05, 0) is 109 Å². The molecule has 198 valence electrons. The Morgan fingerprint density at radius 1 is 1.14 bits per heavy atom. The molecule has 35 heavy (non-hydrogen) atoms. The van der Waals surface area contributed by atoms with E-state index in [1.807, 2.05) is 23.0 Å². The number of carbonyl (C=O) groups is 1. The number of hydrogen-bond donors (Lipinski definition) is 1. The molecular formula is C29H48IN3O2. The van der Waals surface area contributed by atoms with Crippen molar-refractivity contribution in [1.82, 2.24) is 10.2 Å². The lowest BCUT2D eigenvalue weighted by atomic mass is 9.85. The summed E-state index contributed by atoms with van der Waals surface area (Å²) in [6.07, 6.45) is 14.4. The van der Waals surface area contributed by atoms with Gasteiger partial charge in [0.1, 0.15) is 28.7 Å². The average Bonchev–Trinajstić information content (AvgIpc) is 2.88. The molecule has 0 aromatic rings. The molecule has 0 bridgehead atoms. The zero-order chi connectivity index (χ0) is 25.6. The van der Waals surface area contributed by atoms with Crippen molar-refractivity contribution in [3.8, 4) is 0 Å². The number of piperidine rings is 1. The second-order valence-electron chi connectivity index (χ2n) is 10.3. The number of nitrogens with zero attached hydrogens (tertiary/aromatic N) is 2. The highest BCUT2D eigenvalue weighted by Crippen LogP contribution is 2.33. The van der Waals surface area contributed by atoms with Gasteiger partial charge in [0, 0.05) is 19.6 Å². The van der Waals surface area contributed by atoms with Crippen LogP contribution in [0.4, 0.5) is 0 Å². The standard InChI is InChI=1S/C29H48IN3O2/c1-6-8-14-27(29(34)31-17-11-18-33-19-15-25(35-30)16-20-33)32-28(22(3)4)21-24-12-9-10-13-26(24)23(5)7-2/h21,25H,6-20H2,1-5H3,(H,31,34)/b24-21-,26-23?,32-27?. The molecule has 0 unspecified atom stereocenters. The zero-order valence-electron chi connectivity index (χ0n) is 22.9. The topological polar surface area (TPSA) is 53.9 Å². The first-order valence-corrected chi connectivity index (χ1v) is 14.7. The van der Waals surface area contributed by atoms with E-state index in [0.717, 1.165) is 88.7 Å². The Morgan fingerprint density at radius 2 is 1.86 bits per heavy atom. The molecule has 5 nitrogen and oxygen atoms in total. The number of likely N-dealkylation sites (tertiary alicyclic amines) is 1. The zero-order valence-corrected chi connectivity index (χ0v) is 25.0. The van der Waals surface area contributed by atoms with Crippen LogP contribution in [0.25, 0.3) is 0 Å². The van der Waals surface area contributed by atoms with E-state index < -0.39 is 0 Å². The summed E-state index contributed by atoms with van der Waals surface area (Å²) < 4.78 is 5.44. The van der Waals surface area contributed by atoms with Crippen molar-refractivity contribution in [2.45, 2.75) is 111 Å². The molecule has 2 rings (SSSR count). The van der Waals surface area contributed by atoms with Crippen LogP contribution in [0.15, 0.2) is 39.1 Å². The van der Waals surface area contributed by atoms with Crippen molar-refractivity contribution < 1.29 is 7.86 Å². The molecule has 1 heterocycles. The smallest absolute Gasteiger partial charge is 0.265 e. The Kier molecular flexibility index (Phi) is 14.4. The molecule has 2 aliphatic rings. The van der Waals surface area contributed by atoms with E-state index in [9.17, 15) is 4.79 Å². The molecule has 1 amide bonds. The number of amides is 1. The van der Waals surface area contributed by atoms with Gasteiger partial charge in [-0.15, -0.1) is 0 Å². The molecule has 1 saturated carbocycles. The minimum atomic E-state index is -0.00299. The molecule has 0 spiro atoms. The summed E-state index contributed by atoms with van der Waals surface area (Å²) in [4.78, 5) is 20.6. The fourth-order valence-corrected chi connectivity index (χ4v) is 5.29. The highest BCUT2D eigenvalue weighted by molar-refractivity contribution is 14.1. The van der Waals surface area contributed by atoms with Gasteiger partial charge in [0.05, 0.1) is 11.8 Å². The average molecular weight is 598 g/mol. The van der Waals surface area contributed by atoms with Gasteiger partial charge < -0.3 is 13.3 Å². The molecular weight excluding hydrogens is 549 g/mol. The van der Waals surface area contributed by atoms with E-state index in [0.29, 0.717) is 18.4 Å². The number of aliphatic imine (C=N–C) groups is 1. The van der Waals surface area contributed by atoms with Crippen LogP contribution in [0.5, 0.6) is 0 Å². The molecule has 1 saturated heterocycles. The number of unbranched alkanes of at least 4 members (excludes halogenated alkanes) is 1. The predicted octanol–water partition coefficient (Wildman–Crippen LogP) is 7.48. The number of nitrogens with one attached hydrogen (secondary N) is 1. The largest absolute Gasteiger partial charge is 0.351 e. The van der Waals surface area contributed by atoms with E-state index in [4.69, 9.17) is 8.06 Å². The minimum absolute atomic E-state index is 0.00299. The Hall–Kier alpha value is -0.990. The van der Waals surface area contributed by atoms with Crippen molar-refractivity contribution in [1.29, 1.82) is 0 Å². The van der Waals surface area contributed by atoms with Crippen LogP contribution in [-0.4, -0.2) is 48.8 Å². The first-order chi connectivity index (χ1) is 16.9. The number of carbonyl (C=O) groups excluding carboxylic acids is 1. The quantitative estimate of drug-likeness (QED) is 0.144. The lowest BCUT2D eigenvalue weighted by Crippen LogP contribution is -2.38. The normalized spacial score (nSPS) is 20.7. The molecule has 0 aromatic heterocycles. The maximum absolute atomic E-state index is 13.1. The lowest BCUT2D eigenvalue weighted by Gasteiger charge is -2.30. The summed E-state index contributed by atoms with van der Waals surface area (Å²) in [5.74, 6) is -0.00299. The van der Waals surface area contributed by atoms with Gasteiger partial charge >= 0.3 is 0 Å². The summed E-state index contributed by atoms with van der Waals surface area (Å²) >= 11 is 2.02. The summed E-state index contributed by atoms with van der Waals surface area (Å²) in [5.41, 5.74) is 7.22. The highest BCUT2D eigenvalue weighted by atomic mass is 127. The maximum Gasteiger partial charge on any atom is 0.265 e. The first-order valence-electron chi connectivity index (χ1n) is 13.8. The van der Waals surface area contributed by atoms with Crippen molar-refractivity contribution in [3.05, 3.63) is 34.1 Å². The third-order valence-electron chi connectivity index (χ3n) is 7.26. The van der Waals surface area contributed by atoms with Crippen molar-refractivity contribution in [2.75, 3.05) is 26.2 Å². The number of halogens is 1. The molecule has 0 aromatic carbocycles. The molecule has 1 aliphatic carbocycles. The van der Waals surface area contributed by atoms with Crippen molar-refractivity contribution in [2.24, 2.45) is 4.99 Å². The van der Waals surface area contributed by atoms with Crippen LogP contribution in [0.1, 0.15) is 105 Å². The highest BCUT2D eigenvalue weighted by Gasteiger charge is 2.19. The molecule has 2 fully saturated rings. The van der Waals surface area contributed by atoms with E-state index in [1.165, 1.54) is 29.6 Å². The number of rotatable bonds is 12. The number of hydrogen-bond acceptors (Lipinski definition) is 4. The van der Waals surface area contributed by atoms with E-state index in [2.05, 4.69) is 50.9 Å². The van der Waals surface area contributed by atoms with Gasteiger partial charge in [0.2, 0.25) is 0 Å². The van der Waals surface area contributed by atoms with Gasteiger partial charge in [-0.25, -0.2) is 4.99 Å². The molecule has 1 aliphatic heterocycles. The SMILES string of the molecule is CCCCC(=NC(/C=C1/CCCCC1=C(C)CC)=C(C)C)C(=O)NCCCN1CCC(OI)CC1. The second kappa shape index (κ2) is 16.7. The van der Waals surface area contributed by atoms with Crippen LogP contribution in [0, 0.1) is 0 Å². The fraction of sp³-hybridized carbons (Fsp3) is 0.724. The number of allylic oxidation sites excluding steroid dienone is 5. The summed E-state index contributed by atoms with van der Waals surface area (Å²) in [5, 5.41) is 3.16. The van der Waals surface area contributed by atoms with Crippen LogP contribution in [-0.2, 0) is 7.86 Å². The van der Waals surface area contributed by atoms with Crippen LogP contribution < -0.4 is 5.32 Å². The monoisotopic (exact) mass is 597 g/mol. The van der Waals surface area contributed by atoms with Crippen LogP contribution in [0.2, 0.25) is 0 Å². The van der Waals surface area contributed by atoms with E-state index in [-0.39, 0.29) is 5.91 Å². The van der Waals surface area contributed by atoms with Gasteiger partial charge in [-0.1, -0.05) is 31.4 Å². The molecule has 0 radical (unpaired) electrons. The Morgan fingerprint density at radius 3 is 2.49 bits per heavy atom. The molecule has 1 N–H and O–H groups in total. The summed E-state index contributed by atoms with van der Waals surface area (Å²) in [6, 6.07) is 0.